The van der Waals surface area contributed by atoms with E-state index in [1.54, 1.807) is 0 Å². The third-order valence-electron chi connectivity index (χ3n) is 3.39. The van der Waals surface area contributed by atoms with Gasteiger partial charge in [-0.2, -0.15) is 0 Å². The molecule has 1 aromatic carbocycles. The number of hydrogen-bond donors (Lipinski definition) is 2. The molecular formula is C15H21ClN4. The van der Waals surface area contributed by atoms with Crippen molar-refractivity contribution in [2.75, 3.05) is 0 Å². The van der Waals surface area contributed by atoms with E-state index < -0.39 is 0 Å². The smallest absolute Gasteiger partial charge is 0.110 e. The Morgan fingerprint density at radius 3 is 2.90 bits per heavy atom. The number of imidazole rings is 1. The molecule has 0 fully saturated rings. The number of halogens is 1. The average Bonchev–Trinajstić information content (AvgIpc) is 2.84. The normalized spacial score (nSPS) is 12.6. The summed E-state index contributed by atoms with van der Waals surface area (Å²) in [5.41, 5.74) is 4.99. The molecule has 0 aliphatic rings. The minimum Gasteiger partial charge on any atom is -0.335 e. The lowest BCUT2D eigenvalue weighted by atomic mass is 10.0. The first kappa shape index (κ1) is 15.0. The molecule has 0 saturated heterocycles. The van der Waals surface area contributed by atoms with Crippen LogP contribution < -0.4 is 11.3 Å². The fourth-order valence-corrected chi connectivity index (χ4v) is 2.70. The van der Waals surface area contributed by atoms with Gasteiger partial charge in [-0.25, -0.2) is 4.98 Å². The molecule has 0 radical (unpaired) electrons. The van der Waals surface area contributed by atoms with Crippen molar-refractivity contribution in [3.8, 4) is 0 Å². The third-order valence-corrected chi connectivity index (χ3v) is 3.71. The van der Waals surface area contributed by atoms with E-state index >= 15 is 0 Å². The van der Waals surface area contributed by atoms with Crippen molar-refractivity contribution in [1.82, 2.24) is 15.0 Å². The summed E-state index contributed by atoms with van der Waals surface area (Å²) in [6.45, 7) is 5.14. The van der Waals surface area contributed by atoms with Gasteiger partial charge in [0.25, 0.3) is 0 Å². The minimum atomic E-state index is -0.0406. The van der Waals surface area contributed by atoms with Gasteiger partial charge in [0.1, 0.15) is 5.82 Å². The minimum absolute atomic E-state index is 0.0406. The van der Waals surface area contributed by atoms with Gasteiger partial charge >= 0.3 is 0 Å². The van der Waals surface area contributed by atoms with Crippen molar-refractivity contribution in [3.63, 3.8) is 0 Å². The van der Waals surface area contributed by atoms with Gasteiger partial charge in [-0.1, -0.05) is 30.7 Å². The van der Waals surface area contributed by atoms with E-state index in [4.69, 9.17) is 17.4 Å². The zero-order valence-electron chi connectivity index (χ0n) is 11.9. The van der Waals surface area contributed by atoms with Crippen molar-refractivity contribution in [2.24, 2.45) is 5.84 Å². The highest BCUT2D eigenvalue weighted by molar-refractivity contribution is 6.31. The summed E-state index contributed by atoms with van der Waals surface area (Å²) in [6, 6.07) is 5.99. The van der Waals surface area contributed by atoms with Crippen LogP contribution in [0.4, 0.5) is 0 Å². The van der Waals surface area contributed by atoms with Gasteiger partial charge < -0.3 is 4.57 Å². The van der Waals surface area contributed by atoms with Crippen LogP contribution in [-0.2, 0) is 13.0 Å². The van der Waals surface area contributed by atoms with Crippen LogP contribution >= 0.6 is 11.6 Å². The van der Waals surface area contributed by atoms with Crippen molar-refractivity contribution in [2.45, 2.75) is 39.3 Å². The van der Waals surface area contributed by atoms with Crippen molar-refractivity contribution in [1.29, 1.82) is 0 Å². The topological polar surface area (TPSA) is 55.9 Å². The Bertz CT molecular complexity index is 565. The Hall–Kier alpha value is -1.36. The number of nitrogens with two attached hydrogens (primary N) is 1. The highest BCUT2D eigenvalue weighted by atomic mass is 35.5. The summed E-state index contributed by atoms with van der Waals surface area (Å²) in [4.78, 5) is 4.42. The summed E-state index contributed by atoms with van der Waals surface area (Å²) >= 11 is 6.32. The summed E-state index contributed by atoms with van der Waals surface area (Å²) in [7, 11) is 0. The van der Waals surface area contributed by atoms with Gasteiger partial charge in [-0.3, -0.25) is 11.3 Å². The maximum Gasteiger partial charge on any atom is 0.110 e. The summed E-state index contributed by atoms with van der Waals surface area (Å²) in [6.07, 6.45) is 5.63. The molecule has 4 nitrogen and oxygen atoms in total. The Balaban J connectivity index is 2.22. The molecule has 1 heterocycles. The monoisotopic (exact) mass is 292 g/mol. The van der Waals surface area contributed by atoms with Crippen LogP contribution in [0.15, 0.2) is 30.6 Å². The number of benzene rings is 1. The molecule has 0 aliphatic carbocycles. The second-order valence-electron chi connectivity index (χ2n) is 4.99. The molecular weight excluding hydrogens is 272 g/mol. The first-order chi connectivity index (χ1) is 9.65. The molecule has 0 amide bonds. The molecule has 3 N–H and O–H groups in total. The maximum absolute atomic E-state index is 6.32. The predicted molar refractivity (Wildman–Crippen MR) is 82.5 cm³/mol. The number of rotatable bonds is 6. The van der Waals surface area contributed by atoms with E-state index in [0.717, 1.165) is 34.9 Å². The first-order valence-corrected chi connectivity index (χ1v) is 7.25. The molecule has 0 spiro atoms. The van der Waals surface area contributed by atoms with Crippen LogP contribution in [0.25, 0.3) is 0 Å². The Morgan fingerprint density at radius 1 is 1.45 bits per heavy atom. The predicted octanol–water partition coefficient (Wildman–Crippen LogP) is 3.00. The zero-order valence-corrected chi connectivity index (χ0v) is 12.7. The van der Waals surface area contributed by atoms with E-state index in [1.165, 1.54) is 0 Å². The maximum atomic E-state index is 6.32. The van der Waals surface area contributed by atoms with Gasteiger partial charge in [0, 0.05) is 30.4 Å². The Morgan fingerprint density at radius 2 is 2.25 bits per heavy atom. The second-order valence-corrected chi connectivity index (χ2v) is 5.39. The largest absolute Gasteiger partial charge is 0.335 e. The molecule has 108 valence electrons. The first-order valence-electron chi connectivity index (χ1n) is 6.88. The highest BCUT2D eigenvalue weighted by Gasteiger charge is 2.16. The third kappa shape index (κ3) is 3.39. The zero-order chi connectivity index (χ0) is 14.5. The lowest BCUT2D eigenvalue weighted by Crippen LogP contribution is -2.30. The molecule has 1 atom stereocenters. The SMILES string of the molecule is CCCn1ccnc1CC(NN)c1ccc(C)cc1Cl. The fourth-order valence-electron chi connectivity index (χ4n) is 2.33. The molecule has 2 aromatic rings. The summed E-state index contributed by atoms with van der Waals surface area (Å²) < 4.78 is 2.16. The Labute approximate surface area is 124 Å². The molecule has 5 heteroatoms. The number of hydrogen-bond acceptors (Lipinski definition) is 3. The summed E-state index contributed by atoms with van der Waals surface area (Å²) in [5, 5.41) is 0.738. The number of nitrogens with one attached hydrogen (secondary N) is 1. The van der Waals surface area contributed by atoms with Crippen LogP contribution in [0.1, 0.15) is 36.3 Å². The lowest BCUT2D eigenvalue weighted by molar-refractivity contribution is 0.517. The fraction of sp³-hybridized carbons (Fsp3) is 0.400. The number of aryl methyl sites for hydroxylation is 2. The number of aromatic nitrogens is 2. The van der Waals surface area contributed by atoms with Crippen LogP contribution in [-0.4, -0.2) is 9.55 Å². The summed E-state index contributed by atoms with van der Waals surface area (Å²) in [5.74, 6) is 6.73. The van der Waals surface area contributed by atoms with E-state index in [1.807, 2.05) is 37.5 Å². The molecule has 0 bridgehead atoms. The van der Waals surface area contributed by atoms with Crippen LogP contribution in [0.3, 0.4) is 0 Å². The quantitative estimate of drug-likeness (QED) is 0.636. The van der Waals surface area contributed by atoms with E-state index in [-0.39, 0.29) is 6.04 Å². The van der Waals surface area contributed by atoms with Crippen LogP contribution in [0.5, 0.6) is 0 Å². The molecule has 0 aliphatic heterocycles. The van der Waals surface area contributed by atoms with Gasteiger partial charge in [0.2, 0.25) is 0 Å². The molecule has 1 unspecified atom stereocenters. The molecule has 1 aromatic heterocycles. The van der Waals surface area contributed by atoms with E-state index in [0.29, 0.717) is 6.42 Å². The lowest BCUT2D eigenvalue weighted by Gasteiger charge is -2.18. The standard InChI is InChI=1S/C15H21ClN4/c1-3-7-20-8-6-18-15(20)10-14(19-17)12-5-4-11(2)9-13(12)16/h4-6,8-9,14,19H,3,7,10,17H2,1-2H3. The second kappa shape index (κ2) is 6.88. The van der Waals surface area contributed by atoms with Gasteiger partial charge in [0.15, 0.2) is 0 Å². The number of nitrogens with zero attached hydrogens (tertiary/aromatic N) is 2. The van der Waals surface area contributed by atoms with Crippen LogP contribution in [0.2, 0.25) is 5.02 Å². The van der Waals surface area contributed by atoms with Gasteiger partial charge in [0.05, 0.1) is 6.04 Å². The van der Waals surface area contributed by atoms with E-state index in [9.17, 15) is 0 Å². The van der Waals surface area contributed by atoms with Crippen molar-refractivity contribution in [3.05, 3.63) is 52.6 Å². The number of hydrazine groups is 1. The average molecular weight is 293 g/mol. The molecule has 20 heavy (non-hydrogen) atoms. The highest BCUT2D eigenvalue weighted by Crippen LogP contribution is 2.26. The van der Waals surface area contributed by atoms with Gasteiger partial charge in [-0.05, 0) is 30.5 Å². The molecule has 0 saturated carbocycles. The Kier molecular flexibility index (Phi) is 5.17. The van der Waals surface area contributed by atoms with Crippen molar-refractivity contribution < 1.29 is 0 Å². The van der Waals surface area contributed by atoms with Gasteiger partial charge in [-0.15, -0.1) is 0 Å². The van der Waals surface area contributed by atoms with Crippen molar-refractivity contribution >= 4 is 11.6 Å². The molecule has 2 rings (SSSR count). The van der Waals surface area contributed by atoms with Crippen LogP contribution in [0, 0.1) is 6.92 Å². The van der Waals surface area contributed by atoms with E-state index in [2.05, 4.69) is 21.9 Å².